The molecule has 0 atom stereocenters. The second kappa shape index (κ2) is 9.89. The van der Waals surface area contributed by atoms with Gasteiger partial charge in [0.05, 0.1) is 30.3 Å². The molecule has 0 saturated carbocycles. The fourth-order valence-electron chi connectivity index (χ4n) is 5.03. The molecule has 3 aromatic rings. The summed E-state index contributed by atoms with van der Waals surface area (Å²) in [6, 6.07) is 16.5. The second-order valence-electron chi connectivity index (χ2n) is 9.19. The molecule has 34 heavy (non-hydrogen) atoms. The van der Waals surface area contributed by atoms with Crippen LogP contribution in [0.3, 0.4) is 0 Å². The van der Waals surface area contributed by atoms with Crippen LogP contribution in [0.25, 0.3) is 5.69 Å². The number of methoxy groups -OCH3 is 1. The van der Waals surface area contributed by atoms with E-state index in [4.69, 9.17) is 9.84 Å². The van der Waals surface area contributed by atoms with E-state index in [-0.39, 0.29) is 5.91 Å². The molecule has 178 valence electrons. The number of hydrogen-bond donors (Lipinski definition) is 1. The van der Waals surface area contributed by atoms with E-state index in [0.717, 1.165) is 67.4 Å². The first kappa shape index (κ1) is 22.5. The third-order valence-corrected chi connectivity index (χ3v) is 7.05. The van der Waals surface area contributed by atoms with Gasteiger partial charge in [0.15, 0.2) is 0 Å². The number of anilines is 1. The molecule has 3 heterocycles. The van der Waals surface area contributed by atoms with Crippen LogP contribution in [0, 0.1) is 6.92 Å². The topological polar surface area (TPSA) is 62.6 Å². The van der Waals surface area contributed by atoms with E-state index in [1.807, 2.05) is 21.7 Å². The lowest BCUT2D eigenvalue weighted by Gasteiger charge is -2.36. The van der Waals surface area contributed by atoms with Gasteiger partial charge in [-0.25, -0.2) is 4.68 Å². The van der Waals surface area contributed by atoms with Crippen LogP contribution in [0.15, 0.2) is 54.7 Å². The van der Waals surface area contributed by atoms with Crippen molar-refractivity contribution in [3.8, 4) is 11.4 Å². The third-order valence-electron chi connectivity index (χ3n) is 7.05. The standard InChI is InChI=1S/C27H33N5O2/c1-20-3-5-23(6-4-20)32-26(21-11-13-28-14-12-21)25(19-29-32)27(33)31-17-15-30(16-18-31)22-7-9-24(34-2)10-8-22/h3-10,19,21,28H,11-18H2,1-2H3. The van der Waals surface area contributed by atoms with Crippen molar-refractivity contribution >= 4 is 11.6 Å². The van der Waals surface area contributed by atoms with E-state index in [9.17, 15) is 4.79 Å². The quantitative estimate of drug-likeness (QED) is 0.632. The Hall–Kier alpha value is -3.32. The van der Waals surface area contributed by atoms with Crippen molar-refractivity contribution in [2.24, 2.45) is 0 Å². The molecule has 2 aliphatic rings. The zero-order valence-corrected chi connectivity index (χ0v) is 20.0. The number of ether oxygens (including phenoxy) is 1. The molecular formula is C27H33N5O2. The minimum absolute atomic E-state index is 0.0984. The van der Waals surface area contributed by atoms with Gasteiger partial charge in [0, 0.05) is 37.8 Å². The Morgan fingerprint density at radius 3 is 2.24 bits per heavy atom. The average molecular weight is 460 g/mol. The highest BCUT2D eigenvalue weighted by molar-refractivity contribution is 5.95. The molecule has 2 fully saturated rings. The predicted molar refractivity (Wildman–Crippen MR) is 134 cm³/mol. The Morgan fingerprint density at radius 2 is 1.59 bits per heavy atom. The van der Waals surface area contributed by atoms with Crippen molar-refractivity contribution in [3.05, 3.63) is 71.5 Å². The van der Waals surface area contributed by atoms with Gasteiger partial charge in [-0.1, -0.05) is 17.7 Å². The number of aromatic nitrogens is 2. The normalized spacial score (nSPS) is 17.1. The molecule has 7 nitrogen and oxygen atoms in total. The van der Waals surface area contributed by atoms with E-state index >= 15 is 0 Å². The van der Waals surface area contributed by atoms with Gasteiger partial charge in [0.25, 0.3) is 5.91 Å². The lowest BCUT2D eigenvalue weighted by atomic mass is 9.91. The number of amides is 1. The predicted octanol–water partition coefficient (Wildman–Crippen LogP) is 3.62. The highest BCUT2D eigenvalue weighted by atomic mass is 16.5. The SMILES string of the molecule is COc1ccc(N2CCN(C(=O)c3cnn(-c4ccc(C)cc4)c3C3CCNCC3)CC2)cc1. The van der Waals surface area contributed by atoms with Crippen molar-refractivity contribution in [2.45, 2.75) is 25.7 Å². The van der Waals surface area contributed by atoms with Crippen LogP contribution in [0.1, 0.15) is 40.4 Å². The highest BCUT2D eigenvalue weighted by Gasteiger charge is 2.30. The number of carbonyl (C=O) groups is 1. The Balaban J connectivity index is 1.36. The maximum Gasteiger partial charge on any atom is 0.257 e. The number of aryl methyl sites for hydroxylation is 1. The van der Waals surface area contributed by atoms with Gasteiger partial charge in [-0.05, 0) is 69.3 Å². The number of hydrogen-bond acceptors (Lipinski definition) is 5. The maximum atomic E-state index is 13.7. The lowest BCUT2D eigenvalue weighted by molar-refractivity contribution is 0.0744. The zero-order chi connectivity index (χ0) is 23.5. The third kappa shape index (κ3) is 4.53. The molecular weight excluding hydrogens is 426 g/mol. The van der Waals surface area contributed by atoms with Gasteiger partial charge in [0.2, 0.25) is 0 Å². The van der Waals surface area contributed by atoms with Gasteiger partial charge in [-0.15, -0.1) is 0 Å². The molecule has 0 aliphatic carbocycles. The summed E-state index contributed by atoms with van der Waals surface area (Å²) in [5, 5.41) is 8.16. The van der Waals surface area contributed by atoms with Crippen LogP contribution in [-0.2, 0) is 0 Å². The summed E-state index contributed by atoms with van der Waals surface area (Å²) in [6.45, 7) is 7.05. The number of carbonyl (C=O) groups excluding carboxylic acids is 1. The minimum Gasteiger partial charge on any atom is -0.497 e. The fraction of sp³-hybridized carbons (Fsp3) is 0.407. The van der Waals surface area contributed by atoms with E-state index in [1.165, 1.54) is 5.56 Å². The Kier molecular flexibility index (Phi) is 6.54. The summed E-state index contributed by atoms with van der Waals surface area (Å²) in [5.74, 6) is 1.28. The van der Waals surface area contributed by atoms with Crippen LogP contribution in [0.5, 0.6) is 5.75 Å². The molecule has 2 aliphatic heterocycles. The molecule has 0 radical (unpaired) electrons. The van der Waals surface area contributed by atoms with Gasteiger partial charge >= 0.3 is 0 Å². The number of benzene rings is 2. The number of nitrogens with one attached hydrogen (secondary N) is 1. The first-order chi connectivity index (χ1) is 16.6. The molecule has 1 aromatic heterocycles. The van der Waals surface area contributed by atoms with Gasteiger partial charge in [-0.3, -0.25) is 4.79 Å². The molecule has 1 amide bonds. The monoisotopic (exact) mass is 459 g/mol. The molecule has 2 aromatic carbocycles. The Labute approximate surface area is 201 Å². The maximum absolute atomic E-state index is 13.7. The van der Waals surface area contributed by atoms with Crippen molar-refractivity contribution in [1.29, 1.82) is 0 Å². The van der Waals surface area contributed by atoms with Crippen LogP contribution in [-0.4, -0.2) is 67.0 Å². The Bertz CT molecular complexity index is 1110. The number of nitrogens with zero attached hydrogens (tertiary/aromatic N) is 4. The molecule has 5 rings (SSSR count). The molecule has 0 bridgehead atoms. The molecule has 7 heteroatoms. The summed E-state index contributed by atoms with van der Waals surface area (Å²) < 4.78 is 7.27. The Morgan fingerprint density at radius 1 is 0.941 bits per heavy atom. The summed E-state index contributed by atoms with van der Waals surface area (Å²) in [5.41, 5.74) is 5.21. The van der Waals surface area contributed by atoms with Crippen LogP contribution < -0.4 is 15.0 Å². The summed E-state index contributed by atoms with van der Waals surface area (Å²) >= 11 is 0. The van der Waals surface area contributed by atoms with Crippen molar-refractivity contribution in [3.63, 3.8) is 0 Å². The van der Waals surface area contributed by atoms with Crippen molar-refractivity contribution in [2.75, 3.05) is 51.3 Å². The summed E-state index contributed by atoms with van der Waals surface area (Å²) in [7, 11) is 1.68. The molecule has 0 unspecified atom stereocenters. The first-order valence-corrected chi connectivity index (χ1v) is 12.2. The van der Waals surface area contributed by atoms with Gasteiger partial charge in [0.1, 0.15) is 5.75 Å². The molecule has 0 spiro atoms. The lowest BCUT2D eigenvalue weighted by Crippen LogP contribution is -2.49. The van der Waals surface area contributed by atoms with Crippen molar-refractivity contribution < 1.29 is 9.53 Å². The van der Waals surface area contributed by atoms with Crippen LogP contribution in [0.2, 0.25) is 0 Å². The van der Waals surface area contributed by atoms with E-state index in [2.05, 4.69) is 53.5 Å². The van der Waals surface area contributed by atoms with Crippen LogP contribution in [0.4, 0.5) is 5.69 Å². The molecule has 1 N–H and O–H groups in total. The largest absolute Gasteiger partial charge is 0.497 e. The minimum atomic E-state index is 0.0984. The zero-order valence-electron chi connectivity index (χ0n) is 20.0. The molecule has 2 saturated heterocycles. The number of piperazine rings is 1. The van der Waals surface area contributed by atoms with E-state index in [0.29, 0.717) is 19.0 Å². The number of rotatable bonds is 5. The second-order valence-corrected chi connectivity index (χ2v) is 9.19. The summed E-state index contributed by atoms with van der Waals surface area (Å²) in [4.78, 5) is 18.0. The summed E-state index contributed by atoms with van der Waals surface area (Å²) in [6.07, 6.45) is 3.82. The van der Waals surface area contributed by atoms with Gasteiger partial charge < -0.3 is 19.9 Å². The first-order valence-electron chi connectivity index (χ1n) is 12.2. The van der Waals surface area contributed by atoms with Crippen molar-refractivity contribution in [1.82, 2.24) is 20.0 Å². The smallest absolute Gasteiger partial charge is 0.257 e. The van der Waals surface area contributed by atoms with Crippen LogP contribution >= 0.6 is 0 Å². The van der Waals surface area contributed by atoms with E-state index in [1.54, 1.807) is 13.3 Å². The van der Waals surface area contributed by atoms with E-state index < -0.39 is 0 Å². The fourth-order valence-corrected chi connectivity index (χ4v) is 5.03. The van der Waals surface area contributed by atoms with Gasteiger partial charge in [-0.2, -0.15) is 5.10 Å². The highest BCUT2D eigenvalue weighted by Crippen LogP contribution is 2.31. The average Bonchev–Trinajstić information content (AvgIpc) is 3.34. The number of piperidine rings is 1.